The Morgan fingerprint density at radius 2 is 1.84 bits per heavy atom. The van der Waals surface area contributed by atoms with Gasteiger partial charge in [0.05, 0.1) is 18.0 Å². The fourth-order valence-electron chi connectivity index (χ4n) is 2.69. The van der Waals surface area contributed by atoms with E-state index < -0.39 is 0 Å². The summed E-state index contributed by atoms with van der Waals surface area (Å²) in [6.07, 6.45) is 0. The van der Waals surface area contributed by atoms with E-state index in [-0.39, 0.29) is 17.8 Å². The van der Waals surface area contributed by atoms with Gasteiger partial charge < -0.3 is 10.2 Å². The number of nitrogens with one attached hydrogen (secondary N) is 2. The minimum Gasteiger partial charge on any atom is -0.339 e. The van der Waals surface area contributed by atoms with E-state index >= 15 is 0 Å². The maximum atomic E-state index is 13.2. The molecule has 6 heteroatoms. The van der Waals surface area contributed by atoms with E-state index in [0.717, 1.165) is 21.9 Å². The highest BCUT2D eigenvalue weighted by molar-refractivity contribution is 7.10. The zero-order valence-electron chi connectivity index (χ0n) is 13.9. The highest BCUT2D eigenvalue weighted by Gasteiger charge is 2.20. The molecule has 1 unspecified atom stereocenters. The Morgan fingerprint density at radius 3 is 2.48 bits per heavy atom. The molecule has 0 aliphatic heterocycles. The number of amides is 1. The smallest absolute Gasteiger partial charge is 0.275 e. The summed E-state index contributed by atoms with van der Waals surface area (Å²) in [7, 11) is 2.01. The van der Waals surface area contributed by atoms with Gasteiger partial charge in [0.25, 0.3) is 5.91 Å². The Balaban J connectivity index is 1.67. The van der Waals surface area contributed by atoms with Crippen LogP contribution in [0.25, 0.3) is 0 Å². The molecule has 0 saturated heterocycles. The average molecular weight is 376 g/mol. The van der Waals surface area contributed by atoms with E-state index in [1.807, 2.05) is 36.0 Å². The third-order valence-corrected chi connectivity index (χ3v) is 5.67. The van der Waals surface area contributed by atoms with Crippen LogP contribution in [0.1, 0.15) is 21.4 Å². The summed E-state index contributed by atoms with van der Waals surface area (Å²) in [5, 5.41) is 7.12. The monoisotopic (exact) mass is 375 g/mol. The molecule has 3 rings (SSSR count). The standard InChI is InChI=1S/C19H19FN2OS2/c1-22(12-16-4-2-10-24-16)13-18(23)21-19(17-5-3-11-25-17)14-6-8-15(20)9-7-14/h2-11,19H,12-13H2,1H3,(H,21,23)/p+1/t19-/m0/s1. The lowest BCUT2D eigenvalue weighted by Crippen LogP contribution is -3.08. The average Bonchev–Trinajstić information content (AvgIpc) is 3.27. The zero-order valence-corrected chi connectivity index (χ0v) is 15.5. The van der Waals surface area contributed by atoms with Crippen molar-refractivity contribution in [1.82, 2.24) is 5.32 Å². The molecule has 1 amide bonds. The fourth-order valence-corrected chi connectivity index (χ4v) is 4.31. The van der Waals surface area contributed by atoms with E-state index in [4.69, 9.17) is 0 Å². The number of benzene rings is 1. The SMILES string of the molecule is C[NH+](CC(=O)N[C@@H](c1ccc(F)cc1)c1cccs1)Cc1cccs1. The molecule has 130 valence electrons. The lowest BCUT2D eigenvalue weighted by Gasteiger charge is -2.19. The quantitative estimate of drug-likeness (QED) is 0.654. The second-order valence-electron chi connectivity index (χ2n) is 5.96. The van der Waals surface area contributed by atoms with Crippen LogP contribution in [-0.4, -0.2) is 19.5 Å². The Kier molecular flexibility index (Phi) is 5.96. The second-order valence-corrected chi connectivity index (χ2v) is 7.97. The molecule has 0 radical (unpaired) electrons. The number of carbonyl (C=O) groups excluding carboxylic acids is 1. The Bertz CT molecular complexity index is 785. The molecule has 0 saturated carbocycles. The first-order valence-electron chi connectivity index (χ1n) is 8.04. The molecule has 3 nitrogen and oxygen atoms in total. The largest absolute Gasteiger partial charge is 0.339 e. The van der Waals surface area contributed by atoms with Crippen molar-refractivity contribution in [3.05, 3.63) is 80.4 Å². The first kappa shape index (κ1) is 17.8. The zero-order chi connectivity index (χ0) is 17.6. The molecule has 2 N–H and O–H groups in total. The maximum Gasteiger partial charge on any atom is 0.275 e. The van der Waals surface area contributed by atoms with Crippen LogP contribution in [0.5, 0.6) is 0 Å². The molecule has 0 spiro atoms. The molecule has 2 heterocycles. The third kappa shape index (κ3) is 4.98. The Morgan fingerprint density at radius 1 is 1.12 bits per heavy atom. The van der Waals surface area contributed by atoms with Crippen molar-refractivity contribution in [2.75, 3.05) is 13.6 Å². The number of thiophene rings is 2. The summed E-state index contributed by atoms with van der Waals surface area (Å²) in [6, 6.07) is 14.1. The van der Waals surface area contributed by atoms with Crippen LogP contribution in [0.3, 0.4) is 0 Å². The van der Waals surface area contributed by atoms with Crippen LogP contribution < -0.4 is 10.2 Å². The number of likely N-dealkylation sites (N-methyl/N-ethyl adjacent to an activating group) is 1. The van der Waals surface area contributed by atoms with Crippen molar-refractivity contribution in [2.45, 2.75) is 12.6 Å². The molecule has 2 aromatic heterocycles. The van der Waals surface area contributed by atoms with Gasteiger partial charge in [-0.2, -0.15) is 0 Å². The minimum atomic E-state index is -0.278. The second kappa shape index (κ2) is 8.38. The number of carbonyl (C=O) groups is 1. The molecule has 0 aliphatic carbocycles. The summed E-state index contributed by atoms with van der Waals surface area (Å²) in [5.41, 5.74) is 0.883. The van der Waals surface area contributed by atoms with Crippen LogP contribution in [0, 0.1) is 5.82 Å². The number of rotatable bonds is 7. The van der Waals surface area contributed by atoms with Gasteiger partial charge in [0.1, 0.15) is 12.4 Å². The fraction of sp³-hybridized carbons (Fsp3) is 0.211. The molecule has 2 atom stereocenters. The van der Waals surface area contributed by atoms with Gasteiger partial charge in [-0.3, -0.25) is 4.79 Å². The van der Waals surface area contributed by atoms with Crippen LogP contribution >= 0.6 is 22.7 Å². The van der Waals surface area contributed by atoms with E-state index in [0.29, 0.717) is 6.54 Å². The summed E-state index contributed by atoms with van der Waals surface area (Å²) >= 11 is 3.28. The molecule has 0 bridgehead atoms. The van der Waals surface area contributed by atoms with Crippen molar-refractivity contribution in [2.24, 2.45) is 0 Å². The molecule has 3 aromatic rings. The Labute approximate surface area is 154 Å². The molecular weight excluding hydrogens is 355 g/mol. The van der Waals surface area contributed by atoms with Crippen LogP contribution in [0.4, 0.5) is 4.39 Å². The van der Waals surface area contributed by atoms with E-state index in [1.165, 1.54) is 17.0 Å². The first-order chi connectivity index (χ1) is 12.1. The molecule has 25 heavy (non-hydrogen) atoms. The minimum absolute atomic E-state index is 0.0169. The van der Waals surface area contributed by atoms with Crippen molar-refractivity contribution >= 4 is 28.6 Å². The number of quaternary nitrogens is 1. The predicted molar refractivity (Wildman–Crippen MR) is 100 cm³/mol. The van der Waals surface area contributed by atoms with Gasteiger partial charge in [-0.25, -0.2) is 4.39 Å². The van der Waals surface area contributed by atoms with Gasteiger partial charge in [0.2, 0.25) is 0 Å². The van der Waals surface area contributed by atoms with Crippen LogP contribution in [0.2, 0.25) is 0 Å². The van der Waals surface area contributed by atoms with Gasteiger partial charge in [0, 0.05) is 4.88 Å². The molecule has 1 aromatic carbocycles. The number of halogens is 1. The third-order valence-electron chi connectivity index (χ3n) is 3.85. The lowest BCUT2D eigenvalue weighted by atomic mass is 10.1. The highest BCUT2D eigenvalue weighted by Crippen LogP contribution is 2.26. The highest BCUT2D eigenvalue weighted by atomic mass is 32.1. The topological polar surface area (TPSA) is 33.5 Å². The van der Waals surface area contributed by atoms with E-state index in [2.05, 4.69) is 11.4 Å². The van der Waals surface area contributed by atoms with Gasteiger partial charge in [-0.1, -0.05) is 24.3 Å². The first-order valence-corrected chi connectivity index (χ1v) is 9.79. The van der Waals surface area contributed by atoms with Crippen molar-refractivity contribution in [3.63, 3.8) is 0 Å². The summed E-state index contributed by atoms with van der Waals surface area (Å²) < 4.78 is 13.2. The van der Waals surface area contributed by atoms with Crippen molar-refractivity contribution in [3.8, 4) is 0 Å². The Hall–Kier alpha value is -2.02. The number of hydrogen-bond acceptors (Lipinski definition) is 3. The maximum absolute atomic E-state index is 13.2. The van der Waals surface area contributed by atoms with Gasteiger partial charge in [-0.05, 0) is 40.6 Å². The predicted octanol–water partition coefficient (Wildman–Crippen LogP) is 2.87. The molecular formula is C19H20FN2OS2+. The summed E-state index contributed by atoms with van der Waals surface area (Å²) in [6.45, 7) is 1.21. The van der Waals surface area contributed by atoms with Crippen LogP contribution in [0.15, 0.2) is 59.3 Å². The van der Waals surface area contributed by atoms with Gasteiger partial charge in [0.15, 0.2) is 6.54 Å². The van der Waals surface area contributed by atoms with Gasteiger partial charge in [-0.15, -0.1) is 22.7 Å². The normalized spacial score (nSPS) is 13.4. The summed E-state index contributed by atoms with van der Waals surface area (Å²) in [5.74, 6) is -0.295. The van der Waals surface area contributed by atoms with Crippen LogP contribution in [-0.2, 0) is 11.3 Å². The van der Waals surface area contributed by atoms with Crippen molar-refractivity contribution in [1.29, 1.82) is 0 Å². The van der Waals surface area contributed by atoms with E-state index in [1.54, 1.807) is 34.8 Å². The summed E-state index contributed by atoms with van der Waals surface area (Å²) in [4.78, 5) is 16.0. The molecule has 0 aliphatic rings. The molecule has 0 fully saturated rings. The van der Waals surface area contributed by atoms with E-state index in [9.17, 15) is 9.18 Å². The lowest BCUT2D eigenvalue weighted by molar-refractivity contribution is -0.885. The van der Waals surface area contributed by atoms with Gasteiger partial charge >= 0.3 is 0 Å². The number of hydrogen-bond donors (Lipinski definition) is 2. The van der Waals surface area contributed by atoms with Crippen molar-refractivity contribution < 1.29 is 14.1 Å².